The maximum atomic E-state index is 5.67. The molecule has 1 fully saturated rings. The van der Waals surface area contributed by atoms with Gasteiger partial charge in [0.05, 0.1) is 12.3 Å². The highest BCUT2D eigenvalue weighted by Crippen LogP contribution is 2.30. The fraction of sp³-hybridized carbons (Fsp3) is 0.357. The van der Waals surface area contributed by atoms with E-state index in [4.69, 9.17) is 15.5 Å². The number of ether oxygens (including phenoxy) is 1. The second-order valence-electron chi connectivity index (χ2n) is 4.54. The van der Waals surface area contributed by atoms with E-state index >= 15 is 0 Å². The van der Waals surface area contributed by atoms with Crippen molar-refractivity contribution in [1.82, 2.24) is 4.98 Å². The lowest BCUT2D eigenvalue weighted by molar-refractivity contribution is 0.193. The highest BCUT2D eigenvalue weighted by Gasteiger charge is 2.20. The van der Waals surface area contributed by atoms with E-state index in [1.54, 1.807) is 11.3 Å². The molecule has 1 saturated heterocycles. The van der Waals surface area contributed by atoms with Gasteiger partial charge in [-0.05, 0) is 18.1 Å². The molecule has 4 heteroatoms. The van der Waals surface area contributed by atoms with Crippen LogP contribution in [0.2, 0.25) is 0 Å². The summed E-state index contributed by atoms with van der Waals surface area (Å²) in [5.74, 6) is 0.479. The smallest absolute Gasteiger partial charge is 0.123 e. The zero-order valence-corrected chi connectivity index (χ0v) is 11.0. The van der Waals surface area contributed by atoms with Crippen molar-refractivity contribution >= 4 is 11.3 Å². The number of rotatable bonds is 3. The van der Waals surface area contributed by atoms with Crippen molar-refractivity contribution in [1.29, 1.82) is 0 Å². The first-order valence-electron chi connectivity index (χ1n) is 6.19. The Bertz CT molecular complexity index is 532. The summed E-state index contributed by atoms with van der Waals surface area (Å²) in [5, 5.41) is 3.23. The highest BCUT2D eigenvalue weighted by molar-refractivity contribution is 7.13. The maximum Gasteiger partial charge on any atom is 0.123 e. The summed E-state index contributed by atoms with van der Waals surface area (Å²) < 4.78 is 5.41. The second-order valence-corrected chi connectivity index (χ2v) is 5.40. The molecule has 1 unspecified atom stereocenters. The van der Waals surface area contributed by atoms with Gasteiger partial charge in [0.25, 0.3) is 0 Å². The number of hydrogen-bond acceptors (Lipinski definition) is 4. The summed E-state index contributed by atoms with van der Waals surface area (Å²) in [6.45, 7) is 2.24. The molecule has 94 valence electrons. The van der Waals surface area contributed by atoms with Gasteiger partial charge < -0.3 is 10.5 Å². The Kier molecular flexibility index (Phi) is 3.41. The average molecular weight is 260 g/mol. The summed E-state index contributed by atoms with van der Waals surface area (Å²) >= 11 is 1.70. The number of hydrogen-bond donors (Lipinski definition) is 1. The Hall–Kier alpha value is -1.23. The lowest BCUT2D eigenvalue weighted by atomic mass is 10.1. The lowest BCUT2D eigenvalue weighted by Gasteiger charge is -2.02. The number of aromatic nitrogens is 1. The topological polar surface area (TPSA) is 48.1 Å². The van der Waals surface area contributed by atoms with Gasteiger partial charge in [-0.1, -0.05) is 18.2 Å². The van der Waals surface area contributed by atoms with Crippen LogP contribution in [0.5, 0.6) is 0 Å². The minimum absolute atomic E-state index is 0.479. The minimum Gasteiger partial charge on any atom is -0.381 e. The molecule has 2 heterocycles. The Morgan fingerprint density at radius 1 is 1.44 bits per heavy atom. The normalized spacial score (nSPS) is 19.3. The summed E-state index contributed by atoms with van der Waals surface area (Å²) in [6, 6.07) is 8.29. The SMILES string of the molecule is NCc1cccc(-c2nc(C3CCOC3)cs2)c1. The highest BCUT2D eigenvalue weighted by atomic mass is 32.1. The largest absolute Gasteiger partial charge is 0.381 e. The Morgan fingerprint density at radius 3 is 3.17 bits per heavy atom. The minimum atomic E-state index is 0.479. The third kappa shape index (κ3) is 2.32. The van der Waals surface area contributed by atoms with E-state index in [0.29, 0.717) is 12.5 Å². The van der Waals surface area contributed by atoms with Crippen LogP contribution in [0.15, 0.2) is 29.6 Å². The van der Waals surface area contributed by atoms with E-state index in [0.717, 1.165) is 35.8 Å². The third-order valence-corrected chi connectivity index (χ3v) is 4.19. The first-order chi connectivity index (χ1) is 8.86. The predicted octanol–water partition coefficient (Wildman–Crippen LogP) is 2.77. The van der Waals surface area contributed by atoms with Crippen LogP contribution in [0.3, 0.4) is 0 Å². The van der Waals surface area contributed by atoms with E-state index in [9.17, 15) is 0 Å². The van der Waals surface area contributed by atoms with Gasteiger partial charge in [-0.2, -0.15) is 0 Å². The molecule has 0 aliphatic carbocycles. The van der Waals surface area contributed by atoms with Gasteiger partial charge in [0.2, 0.25) is 0 Å². The van der Waals surface area contributed by atoms with E-state index in [1.165, 1.54) is 5.69 Å². The molecule has 1 atom stereocenters. The standard InChI is InChI=1S/C14H16N2OS/c15-7-10-2-1-3-11(6-10)14-16-13(9-18-14)12-4-5-17-8-12/h1-3,6,9,12H,4-5,7-8,15H2. The van der Waals surface area contributed by atoms with Crippen molar-refractivity contribution in [2.45, 2.75) is 18.9 Å². The van der Waals surface area contributed by atoms with Crippen molar-refractivity contribution in [3.8, 4) is 10.6 Å². The third-order valence-electron chi connectivity index (χ3n) is 3.28. The molecule has 0 bridgehead atoms. The van der Waals surface area contributed by atoms with Crippen LogP contribution < -0.4 is 5.73 Å². The van der Waals surface area contributed by atoms with E-state index in [-0.39, 0.29) is 0 Å². The zero-order chi connectivity index (χ0) is 12.4. The molecule has 1 aliphatic heterocycles. The molecular formula is C14H16N2OS. The zero-order valence-electron chi connectivity index (χ0n) is 10.1. The molecule has 0 saturated carbocycles. The first-order valence-corrected chi connectivity index (χ1v) is 7.07. The molecule has 1 aromatic carbocycles. The van der Waals surface area contributed by atoms with Crippen LogP contribution >= 0.6 is 11.3 Å². The number of nitrogens with two attached hydrogens (primary N) is 1. The summed E-state index contributed by atoms with van der Waals surface area (Å²) in [4.78, 5) is 4.74. The molecule has 0 spiro atoms. The monoisotopic (exact) mass is 260 g/mol. The van der Waals surface area contributed by atoms with E-state index in [2.05, 4.69) is 17.5 Å². The summed E-state index contributed by atoms with van der Waals surface area (Å²) in [6.07, 6.45) is 1.09. The Balaban J connectivity index is 1.87. The number of benzene rings is 1. The fourth-order valence-corrected chi connectivity index (χ4v) is 3.10. The molecule has 2 N–H and O–H groups in total. The molecule has 1 aromatic heterocycles. The van der Waals surface area contributed by atoms with Crippen molar-refractivity contribution < 1.29 is 4.74 Å². The van der Waals surface area contributed by atoms with Crippen LogP contribution in [-0.2, 0) is 11.3 Å². The lowest BCUT2D eigenvalue weighted by Crippen LogP contribution is -1.98. The van der Waals surface area contributed by atoms with Crippen molar-refractivity contribution in [3.05, 3.63) is 40.9 Å². The van der Waals surface area contributed by atoms with Crippen LogP contribution in [-0.4, -0.2) is 18.2 Å². The molecular weight excluding hydrogens is 244 g/mol. The van der Waals surface area contributed by atoms with Crippen LogP contribution in [0.1, 0.15) is 23.6 Å². The van der Waals surface area contributed by atoms with Crippen LogP contribution in [0.4, 0.5) is 0 Å². The molecule has 18 heavy (non-hydrogen) atoms. The number of nitrogens with zero attached hydrogens (tertiary/aromatic N) is 1. The van der Waals surface area contributed by atoms with Gasteiger partial charge in [-0.15, -0.1) is 11.3 Å². The fourth-order valence-electron chi connectivity index (χ4n) is 2.21. The van der Waals surface area contributed by atoms with Crippen molar-refractivity contribution in [3.63, 3.8) is 0 Å². The summed E-state index contributed by atoms with van der Waals surface area (Å²) in [7, 11) is 0. The molecule has 1 aliphatic rings. The average Bonchev–Trinajstić information content (AvgIpc) is 3.09. The van der Waals surface area contributed by atoms with Crippen LogP contribution in [0.25, 0.3) is 10.6 Å². The van der Waals surface area contributed by atoms with Gasteiger partial charge in [0, 0.05) is 30.0 Å². The number of thiazole rings is 1. The van der Waals surface area contributed by atoms with E-state index in [1.807, 2.05) is 12.1 Å². The van der Waals surface area contributed by atoms with E-state index < -0.39 is 0 Å². The summed E-state index contributed by atoms with van der Waals surface area (Å²) in [5.41, 5.74) is 9.15. The van der Waals surface area contributed by atoms with Crippen LogP contribution in [0, 0.1) is 0 Å². The maximum absolute atomic E-state index is 5.67. The van der Waals surface area contributed by atoms with Gasteiger partial charge in [-0.25, -0.2) is 4.98 Å². The second kappa shape index (κ2) is 5.18. The molecule has 3 rings (SSSR count). The quantitative estimate of drug-likeness (QED) is 0.923. The van der Waals surface area contributed by atoms with Gasteiger partial charge in [0.1, 0.15) is 5.01 Å². The van der Waals surface area contributed by atoms with Gasteiger partial charge in [-0.3, -0.25) is 0 Å². The molecule has 3 nitrogen and oxygen atoms in total. The molecule has 2 aromatic rings. The first kappa shape index (κ1) is 11.8. The molecule has 0 amide bonds. The van der Waals surface area contributed by atoms with Gasteiger partial charge >= 0.3 is 0 Å². The van der Waals surface area contributed by atoms with Crippen molar-refractivity contribution in [2.24, 2.45) is 5.73 Å². The Morgan fingerprint density at radius 2 is 2.39 bits per heavy atom. The predicted molar refractivity (Wildman–Crippen MR) is 73.6 cm³/mol. The Labute approximate surface area is 111 Å². The van der Waals surface area contributed by atoms with Crippen molar-refractivity contribution in [2.75, 3.05) is 13.2 Å². The molecule has 0 radical (unpaired) electrons. The van der Waals surface area contributed by atoms with Gasteiger partial charge in [0.15, 0.2) is 0 Å².